The molecule has 3 rings (SSSR count). The molecule has 0 amide bonds. The maximum absolute atomic E-state index is 12.4. The molecular weight excluding hydrogens is 349 g/mol. The number of benzene rings is 1. The largest absolute Gasteiger partial charge is 0.573 e. The van der Waals surface area contributed by atoms with E-state index in [1.165, 1.54) is 18.2 Å². The van der Waals surface area contributed by atoms with Crippen molar-refractivity contribution in [3.8, 4) is 17.1 Å². The average molecular weight is 366 g/mol. The number of halogens is 3. The topological polar surface area (TPSA) is 72.1 Å². The van der Waals surface area contributed by atoms with Crippen molar-refractivity contribution in [2.75, 3.05) is 25.6 Å². The molecule has 0 aliphatic heterocycles. The molecule has 1 aromatic carbocycles. The van der Waals surface area contributed by atoms with Gasteiger partial charge in [0, 0.05) is 32.0 Å². The highest BCUT2D eigenvalue weighted by Gasteiger charge is 2.31. The van der Waals surface area contributed by atoms with E-state index in [0.717, 1.165) is 11.9 Å². The van der Waals surface area contributed by atoms with E-state index in [1.807, 2.05) is 0 Å². The van der Waals surface area contributed by atoms with E-state index in [2.05, 4.69) is 25.0 Å². The lowest BCUT2D eigenvalue weighted by Crippen LogP contribution is -2.17. The Morgan fingerprint density at radius 1 is 1.23 bits per heavy atom. The Morgan fingerprint density at radius 3 is 2.85 bits per heavy atom. The van der Waals surface area contributed by atoms with Gasteiger partial charge >= 0.3 is 6.36 Å². The van der Waals surface area contributed by atoms with E-state index in [-0.39, 0.29) is 5.75 Å². The number of imidazole rings is 1. The third-order valence-electron chi connectivity index (χ3n) is 3.56. The van der Waals surface area contributed by atoms with Gasteiger partial charge in [0.1, 0.15) is 17.1 Å². The fourth-order valence-electron chi connectivity index (χ4n) is 2.47. The van der Waals surface area contributed by atoms with Gasteiger partial charge in [-0.2, -0.15) is 0 Å². The van der Waals surface area contributed by atoms with E-state index >= 15 is 0 Å². The van der Waals surface area contributed by atoms with E-state index in [9.17, 15) is 13.2 Å². The molecule has 0 aliphatic rings. The molecule has 2 heterocycles. The molecule has 26 heavy (non-hydrogen) atoms. The zero-order valence-electron chi connectivity index (χ0n) is 13.9. The van der Waals surface area contributed by atoms with Crippen LogP contribution < -0.4 is 10.1 Å². The third kappa shape index (κ3) is 4.42. The molecule has 0 aliphatic carbocycles. The first-order chi connectivity index (χ1) is 12.5. The summed E-state index contributed by atoms with van der Waals surface area (Å²) in [6.45, 7) is 1.29. The summed E-state index contributed by atoms with van der Waals surface area (Å²) in [5, 5.41) is 3.18. The molecule has 6 nitrogen and oxygen atoms in total. The number of hydrogen-bond donors (Lipinski definition) is 2. The van der Waals surface area contributed by atoms with Crippen LogP contribution in [0.5, 0.6) is 5.75 Å². The summed E-state index contributed by atoms with van der Waals surface area (Å²) in [4.78, 5) is 11.8. The minimum atomic E-state index is -4.74. The first-order valence-electron chi connectivity index (χ1n) is 7.90. The van der Waals surface area contributed by atoms with E-state index in [0.29, 0.717) is 35.9 Å². The van der Waals surface area contributed by atoms with Gasteiger partial charge in [-0.15, -0.1) is 13.2 Å². The number of fused-ring (bicyclic) bond motifs is 1. The van der Waals surface area contributed by atoms with Crippen LogP contribution in [-0.2, 0) is 4.74 Å². The van der Waals surface area contributed by atoms with Gasteiger partial charge in [0.15, 0.2) is 5.82 Å². The number of aromatic nitrogens is 3. The summed E-state index contributed by atoms with van der Waals surface area (Å²) in [6.07, 6.45) is -2.30. The van der Waals surface area contributed by atoms with Crippen molar-refractivity contribution in [1.82, 2.24) is 15.0 Å². The van der Waals surface area contributed by atoms with Crippen LogP contribution in [0, 0.1) is 0 Å². The second-order valence-electron chi connectivity index (χ2n) is 5.49. The molecule has 2 aromatic heterocycles. The normalized spacial score (nSPS) is 11.7. The predicted molar refractivity (Wildman–Crippen MR) is 91.0 cm³/mol. The van der Waals surface area contributed by atoms with Crippen LogP contribution in [0.4, 0.5) is 19.0 Å². The Bertz CT molecular complexity index is 880. The Morgan fingerprint density at radius 2 is 2.08 bits per heavy atom. The van der Waals surface area contributed by atoms with Crippen LogP contribution in [0.15, 0.2) is 36.5 Å². The monoisotopic (exact) mass is 366 g/mol. The lowest BCUT2D eigenvalue weighted by molar-refractivity contribution is -0.274. The summed E-state index contributed by atoms with van der Waals surface area (Å²) >= 11 is 0. The van der Waals surface area contributed by atoms with Crippen molar-refractivity contribution in [3.05, 3.63) is 36.5 Å². The molecule has 0 saturated carbocycles. The van der Waals surface area contributed by atoms with Crippen LogP contribution >= 0.6 is 0 Å². The number of methoxy groups -OCH3 is 1. The zero-order chi connectivity index (χ0) is 18.6. The van der Waals surface area contributed by atoms with Crippen LogP contribution in [0.25, 0.3) is 22.4 Å². The van der Waals surface area contributed by atoms with Crippen molar-refractivity contribution in [1.29, 1.82) is 0 Å². The van der Waals surface area contributed by atoms with Crippen LogP contribution in [0.1, 0.15) is 6.42 Å². The molecule has 2 N–H and O–H groups in total. The summed E-state index contributed by atoms with van der Waals surface area (Å²) in [7, 11) is 1.63. The van der Waals surface area contributed by atoms with Gasteiger partial charge in [-0.1, -0.05) is 12.1 Å². The van der Waals surface area contributed by atoms with Gasteiger partial charge in [-0.05, 0) is 24.6 Å². The maximum atomic E-state index is 12.4. The Labute approximate surface area is 147 Å². The van der Waals surface area contributed by atoms with Crippen LogP contribution in [0.2, 0.25) is 0 Å². The van der Waals surface area contributed by atoms with Crippen molar-refractivity contribution in [2.24, 2.45) is 0 Å². The van der Waals surface area contributed by atoms with E-state index in [4.69, 9.17) is 4.74 Å². The lowest BCUT2D eigenvalue weighted by atomic mass is 10.2. The van der Waals surface area contributed by atoms with Gasteiger partial charge in [0.25, 0.3) is 0 Å². The first-order valence-corrected chi connectivity index (χ1v) is 7.90. The number of hydrogen-bond acceptors (Lipinski definition) is 5. The van der Waals surface area contributed by atoms with Gasteiger partial charge in [0.2, 0.25) is 0 Å². The number of nitrogens with zero attached hydrogens (tertiary/aromatic N) is 2. The summed E-state index contributed by atoms with van der Waals surface area (Å²) < 4.78 is 46.2. The minimum absolute atomic E-state index is 0.300. The first kappa shape index (κ1) is 18.0. The fraction of sp³-hybridized carbons (Fsp3) is 0.294. The SMILES string of the molecule is COCCCNc1nccc2[nH]c(-c3cccc(OC(F)(F)F)c3)nc12. The van der Waals surface area contributed by atoms with Crippen LogP contribution in [-0.4, -0.2) is 41.6 Å². The predicted octanol–water partition coefficient (Wildman–Crippen LogP) is 3.97. The third-order valence-corrected chi connectivity index (χ3v) is 3.56. The second-order valence-corrected chi connectivity index (χ2v) is 5.49. The Balaban J connectivity index is 1.86. The van der Waals surface area contributed by atoms with Gasteiger partial charge in [-0.3, -0.25) is 0 Å². The maximum Gasteiger partial charge on any atom is 0.573 e. The second kappa shape index (κ2) is 7.61. The summed E-state index contributed by atoms with van der Waals surface area (Å²) in [5.41, 5.74) is 1.82. The molecule has 3 aromatic rings. The van der Waals surface area contributed by atoms with Gasteiger partial charge in [0.05, 0.1) is 5.52 Å². The molecule has 0 unspecified atom stereocenters. The van der Waals surface area contributed by atoms with E-state index in [1.54, 1.807) is 25.4 Å². The standard InChI is InChI=1S/C17H17F3N4O2/c1-25-9-3-7-21-16-14-13(6-8-22-16)23-15(24-14)11-4-2-5-12(10-11)26-17(18,19)20/h2,4-6,8,10H,3,7,9H2,1H3,(H,21,22)(H,23,24). The Hall–Kier alpha value is -2.81. The lowest BCUT2D eigenvalue weighted by Gasteiger charge is -2.09. The molecule has 0 spiro atoms. The van der Waals surface area contributed by atoms with Crippen molar-refractivity contribution in [2.45, 2.75) is 12.8 Å². The zero-order valence-corrected chi connectivity index (χ0v) is 13.9. The van der Waals surface area contributed by atoms with Gasteiger partial charge < -0.3 is 19.8 Å². The van der Waals surface area contributed by atoms with E-state index < -0.39 is 6.36 Å². The molecular formula is C17H17F3N4O2. The molecule has 0 radical (unpaired) electrons. The number of rotatable bonds is 7. The molecule has 0 saturated heterocycles. The number of alkyl halides is 3. The van der Waals surface area contributed by atoms with Crippen molar-refractivity contribution in [3.63, 3.8) is 0 Å². The fourth-order valence-corrected chi connectivity index (χ4v) is 2.47. The number of aromatic amines is 1. The van der Waals surface area contributed by atoms with Crippen molar-refractivity contribution < 1.29 is 22.6 Å². The molecule has 9 heteroatoms. The van der Waals surface area contributed by atoms with Crippen LogP contribution in [0.3, 0.4) is 0 Å². The number of nitrogens with one attached hydrogen (secondary N) is 2. The van der Waals surface area contributed by atoms with Crippen molar-refractivity contribution >= 4 is 16.9 Å². The number of ether oxygens (including phenoxy) is 2. The highest BCUT2D eigenvalue weighted by atomic mass is 19.4. The quantitative estimate of drug-likeness (QED) is 0.619. The smallest absolute Gasteiger partial charge is 0.406 e. The summed E-state index contributed by atoms with van der Waals surface area (Å²) in [6, 6.07) is 7.41. The number of H-pyrrole nitrogens is 1. The molecule has 138 valence electrons. The molecule has 0 fully saturated rings. The number of pyridine rings is 1. The molecule has 0 atom stereocenters. The minimum Gasteiger partial charge on any atom is -0.406 e. The van der Waals surface area contributed by atoms with Gasteiger partial charge in [-0.25, -0.2) is 9.97 Å². The highest BCUT2D eigenvalue weighted by Crippen LogP contribution is 2.29. The summed E-state index contributed by atoms with van der Waals surface area (Å²) in [5.74, 6) is 0.732. The highest BCUT2D eigenvalue weighted by molar-refractivity contribution is 5.88. The average Bonchev–Trinajstić information content (AvgIpc) is 3.02. The Kier molecular flexibility index (Phi) is 5.27. The molecule has 0 bridgehead atoms. The number of anilines is 1.